The number of hydrogen-bond acceptors (Lipinski definition) is 4. The maximum Gasteiger partial charge on any atom is 0.331 e. The molecule has 1 fully saturated rings. The van der Waals surface area contributed by atoms with Crippen LogP contribution < -0.4 is 0 Å². The first-order valence-corrected chi connectivity index (χ1v) is 6.82. The van der Waals surface area contributed by atoms with Crippen molar-refractivity contribution in [3.05, 3.63) is 59.3 Å². The highest BCUT2D eigenvalue weighted by atomic mass is 16.5. The first-order chi connectivity index (χ1) is 10.0. The van der Waals surface area contributed by atoms with E-state index >= 15 is 0 Å². The lowest BCUT2D eigenvalue weighted by atomic mass is 9.94. The number of rotatable bonds is 5. The number of nitrogens with zero attached hydrogens (tertiary/aromatic N) is 2. The number of carboxylic acids is 1. The second-order valence-electron chi connectivity index (χ2n) is 5.55. The number of aliphatic carboxylic acids is 1. The average Bonchev–Trinajstić information content (AvgIpc) is 3.13. The van der Waals surface area contributed by atoms with Gasteiger partial charge in [0, 0.05) is 5.57 Å². The minimum absolute atomic E-state index is 0.0467. The van der Waals surface area contributed by atoms with Crippen LogP contribution in [0.1, 0.15) is 35.7 Å². The molecule has 5 nitrogen and oxygen atoms in total. The Bertz CT molecular complexity index is 697. The second-order valence-corrected chi connectivity index (χ2v) is 5.55. The summed E-state index contributed by atoms with van der Waals surface area (Å²) in [5.41, 5.74) is 2.27. The molecule has 3 rings (SSSR count). The van der Waals surface area contributed by atoms with E-state index in [0.29, 0.717) is 11.7 Å². The lowest BCUT2D eigenvalue weighted by molar-refractivity contribution is -0.132. The predicted octanol–water partition coefficient (Wildman–Crippen LogP) is 2.64. The Hall–Kier alpha value is -2.43. The van der Waals surface area contributed by atoms with Crippen LogP contribution in [0.5, 0.6) is 0 Å². The standard InChI is InChI=1S/C16H16N2O3/c1-10-3-5-12(6-4-10)16(7-8-16)15-17-13(21-18-15)9-11(2)14(19)20/h3-6H,2,7-9H2,1H3,(H,19,20). The van der Waals surface area contributed by atoms with Crippen LogP contribution in [0.4, 0.5) is 0 Å². The average molecular weight is 284 g/mol. The minimum atomic E-state index is -1.05. The van der Waals surface area contributed by atoms with Crippen LogP contribution in [0.15, 0.2) is 40.9 Å². The van der Waals surface area contributed by atoms with E-state index < -0.39 is 5.97 Å². The molecule has 2 aromatic rings. The van der Waals surface area contributed by atoms with Gasteiger partial charge >= 0.3 is 5.97 Å². The van der Waals surface area contributed by atoms with Gasteiger partial charge in [-0.25, -0.2) is 4.79 Å². The van der Waals surface area contributed by atoms with Gasteiger partial charge in [-0.05, 0) is 25.3 Å². The maximum absolute atomic E-state index is 10.8. The molecular formula is C16H16N2O3. The van der Waals surface area contributed by atoms with Crippen LogP contribution in [0, 0.1) is 6.92 Å². The normalized spacial score (nSPS) is 15.7. The summed E-state index contributed by atoms with van der Waals surface area (Å²) in [6.07, 6.45) is 2.04. The van der Waals surface area contributed by atoms with Gasteiger partial charge in [0.1, 0.15) is 0 Å². The zero-order chi connectivity index (χ0) is 15.0. The van der Waals surface area contributed by atoms with Crippen LogP contribution in [0.2, 0.25) is 0 Å². The summed E-state index contributed by atoms with van der Waals surface area (Å²) in [6.45, 7) is 5.53. The highest BCUT2D eigenvalue weighted by Crippen LogP contribution is 2.52. The van der Waals surface area contributed by atoms with Crippen molar-refractivity contribution in [2.75, 3.05) is 0 Å². The van der Waals surface area contributed by atoms with E-state index in [0.717, 1.165) is 12.8 Å². The minimum Gasteiger partial charge on any atom is -0.478 e. The SMILES string of the molecule is C=C(Cc1nc(C2(c3ccc(C)cc3)CC2)no1)C(=O)O. The number of benzene rings is 1. The fourth-order valence-corrected chi connectivity index (χ4v) is 2.42. The highest BCUT2D eigenvalue weighted by molar-refractivity contribution is 5.86. The summed E-state index contributed by atoms with van der Waals surface area (Å²) < 4.78 is 5.17. The summed E-state index contributed by atoms with van der Waals surface area (Å²) in [5.74, 6) is -0.107. The van der Waals surface area contributed by atoms with Crippen LogP contribution in [-0.4, -0.2) is 21.2 Å². The van der Waals surface area contributed by atoms with E-state index in [1.165, 1.54) is 11.1 Å². The van der Waals surface area contributed by atoms with E-state index in [-0.39, 0.29) is 17.4 Å². The van der Waals surface area contributed by atoms with E-state index in [2.05, 4.69) is 41.0 Å². The Morgan fingerprint density at radius 1 is 1.38 bits per heavy atom. The molecule has 1 aliphatic rings. The van der Waals surface area contributed by atoms with Crippen molar-refractivity contribution >= 4 is 5.97 Å². The predicted molar refractivity (Wildman–Crippen MR) is 76.0 cm³/mol. The smallest absolute Gasteiger partial charge is 0.331 e. The van der Waals surface area contributed by atoms with Crippen LogP contribution in [0.3, 0.4) is 0 Å². The van der Waals surface area contributed by atoms with Gasteiger partial charge in [0.2, 0.25) is 5.89 Å². The van der Waals surface area contributed by atoms with Gasteiger partial charge in [-0.3, -0.25) is 0 Å². The molecule has 5 heteroatoms. The number of carboxylic acid groups (broad SMARTS) is 1. The Morgan fingerprint density at radius 3 is 2.62 bits per heavy atom. The summed E-state index contributed by atoms with van der Waals surface area (Å²) in [5, 5.41) is 12.9. The van der Waals surface area contributed by atoms with Crippen molar-refractivity contribution < 1.29 is 14.4 Å². The maximum atomic E-state index is 10.8. The molecule has 0 bridgehead atoms. The second kappa shape index (κ2) is 4.84. The van der Waals surface area contributed by atoms with E-state index in [4.69, 9.17) is 9.63 Å². The molecule has 1 aromatic heterocycles. The number of hydrogen-bond donors (Lipinski definition) is 1. The molecule has 0 atom stereocenters. The molecule has 1 heterocycles. The molecule has 0 saturated heterocycles. The molecule has 1 aromatic carbocycles. The summed E-state index contributed by atoms with van der Waals surface area (Å²) in [4.78, 5) is 15.1. The van der Waals surface area contributed by atoms with Crippen molar-refractivity contribution in [3.8, 4) is 0 Å². The first kappa shape index (κ1) is 13.5. The lowest BCUT2D eigenvalue weighted by Crippen LogP contribution is -2.11. The van der Waals surface area contributed by atoms with Gasteiger partial charge < -0.3 is 9.63 Å². The Balaban J connectivity index is 1.84. The molecule has 21 heavy (non-hydrogen) atoms. The molecular weight excluding hydrogens is 268 g/mol. The number of carbonyl (C=O) groups is 1. The molecule has 1 N–H and O–H groups in total. The van der Waals surface area contributed by atoms with Crippen LogP contribution in [0.25, 0.3) is 0 Å². The van der Waals surface area contributed by atoms with Gasteiger partial charge in [-0.2, -0.15) is 4.98 Å². The molecule has 0 radical (unpaired) electrons. The molecule has 0 spiro atoms. The Morgan fingerprint density at radius 2 is 2.05 bits per heavy atom. The number of aryl methyl sites for hydroxylation is 1. The third kappa shape index (κ3) is 2.46. The van der Waals surface area contributed by atoms with Gasteiger partial charge in [-0.1, -0.05) is 41.6 Å². The van der Waals surface area contributed by atoms with Crippen LogP contribution >= 0.6 is 0 Å². The van der Waals surface area contributed by atoms with Gasteiger partial charge in [0.15, 0.2) is 5.82 Å². The summed E-state index contributed by atoms with van der Waals surface area (Å²) in [6, 6.07) is 8.33. The van der Waals surface area contributed by atoms with Crippen LogP contribution in [-0.2, 0) is 16.6 Å². The Labute approximate surface area is 122 Å². The van der Waals surface area contributed by atoms with Gasteiger partial charge in [-0.15, -0.1) is 0 Å². The Kier molecular flexibility index (Phi) is 3.12. The quantitative estimate of drug-likeness (QED) is 0.854. The molecule has 1 aliphatic carbocycles. The zero-order valence-corrected chi connectivity index (χ0v) is 11.8. The molecule has 0 amide bonds. The number of aromatic nitrogens is 2. The van der Waals surface area contributed by atoms with Crippen molar-refractivity contribution in [2.24, 2.45) is 0 Å². The lowest BCUT2D eigenvalue weighted by Gasteiger charge is -2.10. The monoisotopic (exact) mass is 284 g/mol. The van der Waals surface area contributed by atoms with E-state index in [1.54, 1.807) is 0 Å². The first-order valence-electron chi connectivity index (χ1n) is 6.82. The molecule has 108 valence electrons. The van der Waals surface area contributed by atoms with Crippen molar-refractivity contribution in [1.29, 1.82) is 0 Å². The fraction of sp³-hybridized carbons (Fsp3) is 0.312. The summed E-state index contributed by atoms with van der Waals surface area (Å²) >= 11 is 0. The van der Waals surface area contributed by atoms with Gasteiger partial charge in [0.05, 0.1) is 11.8 Å². The third-order valence-electron chi connectivity index (χ3n) is 3.92. The van der Waals surface area contributed by atoms with Crippen molar-refractivity contribution in [3.63, 3.8) is 0 Å². The fourth-order valence-electron chi connectivity index (χ4n) is 2.42. The van der Waals surface area contributed by atoms with Crippen molar-refractivity contribution in [1.82, 2.24) is 10.1 Å². The van der Waals surface area contributed by atoms with Gasteiger partial charge in [0.25, 0.3) is 0 Å². The summed E-state index contributed by atoms with van der Waals surface area (Å²) in [7, 11) is 0. The molecule has 0 unspecified atom stereocenters. The van der Waals surface area contributed by atoms with Crippen molar-refractivity contribution in [2.45, 2.75) is 31.6 Å². The highest BCUT2D eigenvalue weighted by Gasteiger charge is 2.49. The van der Waals surface area contributed by atoms with E-state index in [9.17, 15) is 4.79 Å². The molecule has 0 aliphatic heterocycles. The largest absolute Gasteiger partial charge is 0.478 e. The topological polar surface area (TPSA) is 76.2 Å². The zero-order valence-electron chi connectivity index (χ0n) is 11.8. The third-order valence-corrected chi connectivity index (χ3v) is 3.92. The molecule has 1 saturated carbocycles. The van der Waals surface area contributed by atoms with E-state index in [1.807, 2.05) is 6.92 Å².